The van der Waals surface area contributed by atoms with Crippen molar-refractivity contribution in [1.29, 1.82) is 0 Å². The van der Waals surface area contributed by atoms with Gasteiger partial charge < -0.3 is 33.8 Å². The minimum absolute atomic E-state index is 0.107. The van der Waals surface area contributed by atoms with E-state index in [1.165, 1.54) is 231 Å². The summed E-state index contributed by atoms with van der Waals surface area (Å²) in [6.45, 7) is 9.63. The van der Waals surface area contributed by atoms with Gasteiger partial charge in [0.1, 0.15) is 19.3 Å². The normalized spacial score (nSPS) is 13.9. The molecular formula is C79H154O17P2. The van der Waals surface area contributed by atoms with Crippen LogP contribution in [0.15, 0.2) is 0 Å². The molecule has 2 unspecified atom stereocenters. The molecule has 0 aliphatic rings. The standard InChI is InChI=1S/C79H154O17P2/c1-7-9-11-13-15-17-19-20-21-22-23-24-25-33-39-45-51-57-63-78(83)95-75(68-90-77(82)62-56-50-44-38-32-27-26-30-35-41-47-53-59-71(3)4)70-94-98(87,88)92-66-73(80)65-91-97(85,86)93-69-74(67-89-76(81)61-55-49-43-37-29-18-16-14-12-10-8-2)96-79(84)64-58-52-46-40-34-28-31-36-42-48-54-60-72(5)6/h71-75,80H,7-70H2,1-6H3,(H,85,86)(H,87,88)/t73-,74+,75+/m0/s1. The van der Waals surface area contributed by atoms with Crippen LogP contribution in [0.4, 0.5) is 0 Å². The van der Waals surface area contributed by atoms with E-state index in [4.69, 9.17) is 37.0 Å². The Morgan fingerprint density at radius 3 is 0.694 bits per heavy atom. The summed E-state index contributed by atoms with van der Waals surface area (Å²) in [5.74, 6) is -0.562. The van der Waals surface area contributed by atoms with Crippen LogP contribution in [0.2, 0.25) is 0 Å². The monoisotopic (exact) mass is 1440 g/mol. The largest absolute Gasteiger partial charge is 0.472 e. The van der Waals surface area contributed by atoms with Crippen LogP contribution < -0.4 is 0 Å². The molecule has 98 heavy (non-hydrogen) atoms. The van der Waals surface area contributed by atoms with Gasteiger partial charge >= 0.3 is 39.5 Å². The van der Waals surface area contributed by atoms with Gasteiger partial charge in [0.15, 0.2) is 12.2 Å². The van der Waals surface area contributed by atoms with Crippen LogP contribution in [-0.4, -0.2) is 96.7 Å². The SMILES string of the molecule is CCCCCCCCCCCCCCCCCCCCC(=O)O[C@H](COC(=O)CCCCCCCCCCCCCCC(C)C)COP(=O)(O)OC[C@@H](O)COP(=O)(O)OC[C@@H](COC(=O)CCCCCCCCCCCCC)OC(=O)CCCCCCCCCCCCCC(C)C. The minimum Gasteiger partial charge on any atom is -0.462 e. The van der Waals surface area contributed by atoms with E-state index in [2.05, 4.69) is 41.5 Å². The summed E-state index contributed by atoms with van der Waals surface area (Å²) in [6.07, 6.45) is 59.5. The molecule has 0 aromatic rings. The molecule has 0 fully saturated rings. The van der Waals surface area contributed by atoms with Crippen molar-refractivity contribution in [3.63, 3.8) is 0 Å². The summed E-state index contributed by atoms with van der Waals surface area (Å²) in [6, 6.07) is 0. The maximum Gasteiger partial charge on any atom is 0.472 e. The number of rotatable bonds is 78. The van der Waals surface area contributed by atoms with Gasteiger partial charge in [-0.1, -0.05) is 363 Å². The van der Waals surface area contributed by atoms with E-state index in [0.29, 0.717) is 25.7 Å². The number of carbonyl (C=O) groups excluding carboxylic acids is 4. The third-order valence-corrected chi connectivity index (χ3v) is 20.4. The first kappa shape index (κ1) is 96.1. The molecule has 0 amide bonds. The third-order valence-electron chi connectivity index (χ3n) is 18.5. The van der Waals surface area contributed by atoms with Crippen LogP contribution >= 0.6 is 15.6 Å². The molecule has 0 aromatic heterocycles. The van der Waals surface area contributed by atoms with E-state index < -0.39 is 97.5 Å². The van der Waals surface area contributed by atoms with Crippen molar-refractivity contribution in [1.82, 2.24) is 0 Å². The molecule has 0 bridgehead atoms. The highest BCUT2D eigenvalue weighted by Gasteiger charge is 2.30. The number of hydrogen-bond acceptors (Lipinski definition) is 15. The van der Waals surface area contributed by atoms with Crippen LogP contribution in [0.25, 0.3) is 0 Å². The van der Waals surface area contributed by atoms with Crippen molar-refractivity contribution in [2.24, 2.45) is 11.8 Å². The zero-order chi connectivity index (χ0) is 72.1. The fourth-order valence-corrected chi connectivity index (χ4v) is 13.8. The summed E-state index contributed by atoms with van der Waals surface area (Å²) in [4.78, 5) is 73.0. The molecule has 582 valence electrons. The maximum atomic E-state index is 13.1. The van der Waals surface area contributed by atoms with Gasteiger partial charge in [-0.05, 0) is 37.5 Å². The van der Waals surface area contributed by atoms with Crippen molar-refractivity contribution in [3.8, 4) is 0 Å². The fraction of sp³-hybridized carbons (Fsp3) is 0.949. The van der Waals surface area contributed by atoms with Crippen molar-refractivity contribution in [2.75, 3.05) is 39.6 Å². The van der Waals surface area contributed by atoms with E-state index in [0.717, 1.165) is 102 Å². The predicted octanol–water partition coefficient (Wildman–Crippen LogP) is 23.5. The Balaban J connectivity index is 5.25. The van der Waals surface area contributed by atoms with Crippen molar-refractivity contribution in [2.45, 2.75) is 432 Å². The van der Waals surface area contributed by atoms with Gasteiger partial charge in [0.2, 0.25) is 0 Å². The van der Waals surface area contributed by atoms with Crippen LogP contribution in [0.5, 0.6) is 0 Å². The highest BCUT2D eigenvalue weighted by Crippen LogP contribution is 2.45. The summed E-state index contributed by atoms with van der Waals surface area (Å²) >= 11 is 0. The summed E-state index contributed by atoms with van der Waals surface area (Å²) < 4.78 is 68.7. The number of phosphoric ester groups is 2. The van der Waals surface area contributed by atoms with Gasteiger partial charge in [-0.25, -0.2) is 9.13 Å². The number of carbonyl (C=O) groups is 4. The van der Waals surface area contributed by atoms with Gasteiger partial charge in [-0.15, -0.1) is 0 Å². The molecule has 19 heteroatoms. The molecule has 0 radical (unpaired) electrons. The summed E-state index contributed by atoms with van der Waals surface area (Å²) in [5, 5.41) is 10.6. The molecule has 5 atom stereocenters. The van der Waals surface area contributed by atoms with Gasteiger partial charge in [-0.2, -0.15) is 0 Å². The van der Waals surface area contributed by atoms with E-state index in [1.807, 2.05) is 0 Å². The molecule has 0 rings (SSSR count). The van der Waals surface area contributed by atoms with Crippen molar-refractivity contribution in [3.05, 3.63) is 0 Å². The van der Waals surface area contributed by atoms with E-state index in [9.17, 15) is 43.2 Å². The second-order valence-corrected chi connectivity index (χ2v) is 32.3. The van der Waals surface area contributed by atoms with E-state index >= 15 is 0 Å². The van der Waals surface area contributed by atoms with E-state index in [-0.39, 0.29) is 25.7 Å². The molecule has 3 N–H and O–H groups in total. The number of unbranched alkanes of at least 4 members (excludes halogenated alkanes) is 48. The lowest BCUT2D eigenvalue weighted by molar-refractivity contribution is -0.161. The third kappa shape index (κ3) is 72.4. The van der Waals surface area contributed by atoms with E-state index in [1.54, 1.807) is 0 Å². The smallest absolute Gasteiger partial charge is 0.462 e. The maximum absolute atomic E-state index is 13.1. The first-order chi connectivity index (χ1) is 47.4. The topological polar surface area (TPSA) is 237 Å². The van der Waals surface area contributed by atoms with Crippen molar-refractivity contribution < 1.29 is 80.2 Å². The number of hydrogen-bond donors (Lipinski definition) is 3. The van der Waals surface area contributed by atoms with Gasteiger partial charge in [0, 0.05) is 25.7 Å². The Morgan fingerprint density at radius 2 is 0.469 bits per heavy atom. The predicted molar refractivity (Wildman–Crippen MR) is 400 cm³/mol. The van der Waals surface area contributed by atoms with Gasteiger partial charge in [0.25, 0.3) is 0 Å². The number of phosphoric acid groups is 2. The highest BCUT2D eigenvalue weighted by atomic mass is 31.2. The zero-order valence-electron chi connectivity index (χ0n) is 64.1. The number of aliphatic hydroxyl groups excluding tert-OH is 1. The molecule has 0 saturated carbocycles. The molecule has 0 aliphatic carbocycles. The lowest BCUT2D eigenvalue weighted by atomic mass is 10.0. The molecular weight excluding hydrogens is 1280 g/mol. The van der Waals surface area contributed by atoms with Crippen LogP contribution in [-0.2, 0) is 65.4 Å². The molecule has 0 spiro atoms. The second kappa shape index (κ2) is 70.7. The van der Waals surface area contributed by atoms with Crippen molar-refractivity contribution >= 4 is 39.5 Å². The van der Waals surface area contributed by atoms with Crippen LogP contribution in [0.3, 0.4) is 0 Å². The number of esters is 4. The molecule has 0 heterocycles. The first-order valence-corrected chi connectivity index (χ1v) is 44.0. The quantitative estimate of drug-likeness (QED) is 0.0222. The van der Waals surface area contributed by atoms with Gasteiger partial charge in [0.05, 0.1) is 26.4 Å². The minimum atomic E-state index is -4.96. The molecule has 0 aliphatic heterocycles. The number of aliphatic hydroxyl groups is 1. The molecule has 0 saturated heterocycles. The Labute approximate surface area is 600 Å². The molecule has 17 nitrogen and oxygen atoms in total. The van der Waals surface area contributed by atoms with Crippen LogP contribution in [0.1, 0.15) is 414 Å². The average molecular weight is 1440 g/mol. The first-order valence-electron chi connectivity index (χ1n) is 41.0. The zero-order valence-corrected chi connectivity index (χ0v) is 65.9. The highest BCUT2D eigenvalue weighted by molar-refractivity contribution is 7.47. The fourth-order valence-electron chi connectivity index (χ4n) is 12.2. The van der Waals surface area contributed by atoms with Gasteiger partial charge in [-0.3, -0.25) is 37.3 Å². The van der Waals surface area contributed by atoms with Crippen LogP contribution in [0, 0.1) is 11.8 Å². The second-order valence-electron chi connectivity index (χ2n) is 29.4. The lowest BCUT2D eigenvalue weighted by Crippen LogP contribution is -2.30. The Kier molecular flexibility index (Phi) is 69.3. The Morgan fingerprint density at radius 1 is 0.276 bits per heavy atom. The average Bonchev–Trinajstić information content (AvgIpc) is 0.973. The Bertz CT molecular complexity index is 1890. The lowest BCUT2D eigenvalue weighted by Gasteiger charge is -2.21. The Hall–Kier alpha value is -1.94. The molecule has 0 aromatic carbocycles. The summed E-state index contributed by atoms with van der Waals surface area (Å²) in [5.41, 5.74) is 0. The number of ether oxygens (including phenoxy) is 4. The summed E-state index contributed by atoms with van der Waals surface area (Å²) in [7, 11) is -9.92.